The lowest BCUT2D eigenvalue weighted by molar-refractivity contribution is 0.1000. The van der Waals surface area contributed by atoms with Gasteiger partial charge in [0.25, 0.3) is 0 Å². The maximum absolute atomic E-state index is 11.3. The van der Waals surface area contributed by atoms with Crippen LogP contribution in [0.15, 0.2) is 24.3 Å². The fourth-order valence-electron chi connectivity index (χ4n) is 3.04. The summed E-state index contributed by atoms with van der Waals surface area (Å²) in [6.07, 6.45) is 5.19. The molecule has 0 spiro atoms. The summed E-state index contributed by atoms with van der Waals surface area (Å²) in [4.78, 5) is 13.8. The van der Waals surface area contributed by atoms with E-state index in [0.29, 0.717) is 11.6 Å². The van der Waals surface area contributed by atoms with E-state index in [1.54, 1.807) is 6.07 Å². The van der Waals surface area contributed by atoms with Gasteiger partial charge in [0, 0.05) is 30.7 Å². The molecular weight excluding hydrogens is 250 g/mol. The molecule has 108 valence electrons. The summed E-state index contributed by atoms with van der Waals surface area (Å²) in [6.45, 7) is 3.19. The Bertz CT molecular complexity index is 478. The Morgan fingerprint density at radius 3 is 2.85 bits per heavy atom. The second-order valence-electron chi connectivity index (χ2n) is 6.02. The molecule has 1 unspecified atom stereocenters. The second-order valence-corrected chi connectivity index (χ2v) is 6.02. The molecule has 0 radical (unpaired) electrons. The van der Waals surface area contributed by atoms with Gasteiger partial charge < -0.3 is 11.1 Å². The van der Waals surface area contributed by atoms with Crippen molar-refractivity contribution in [2.24, 2.45) is 5.73 Å². The van der Waals surface area contributed by atoms with Crippen LogP contribution in [0.5, 0.6) is 0 Å². The predicted octanol–water partition coefficient (Wildman–Crippen LogP) is 1.50. The van der Waals surface area contributed by atoms with Crippen LogP contribution in [0.1, 0.15) is 41.6 Å². The quantitative estimate of drug-likeness (QED) is 0.826. The van der Waals surface area contributed by atoms with Gasteiger partial charge in [-0.3, -0.25) is 9.69 Å². The normalized spacial score (nSPS) is 22.4. The van der Waals surface area contributed by atoms with Crippen molar-refractivity contribution in [1.29, 1.82) is 0 Å². The highest BCUT2D eigenvalue weighted by Crippen LogP contribution is 2.29. The van der Waals surface area contributed by atoms with E-state index in [1.807, 2.05) is 12.1 Å². The van der Waals surface area contributed by atoms with Crippen LogP contribution in [0.2, 0.25) is 0 Å². The van der Waals surface area contributed by atoms with E-state index in [2.05, 4.69) is 16.3 Å². The summed E-state index contributed by atoms with van der Waals surface area (Å²) in [5.74, 6) is -0.345. The van der Waals surface area contributed by atoms with Crippen LogP contribution in [0.4, 0.5) is 0 Å². The lowest BCUT2D eigenvalue weighted by Crippen LogP contribution is -2.38. The van der Waals surface area contributed by atoms with Crippen LogP contribution in [0.3, 0.4) is 0 Å². The highest BCUT2D eigenvalue weighted by atomic mass is 16.1. The summed E-state index contributed by atoms with van der Waals surface area (Å²) in [7, 11) is 0. The van der Waals surface area contributed by atoms with Crippen molar-refractivity contribution < 1.29 is 4.79 Å². The molecule has 1 aliphatic heterocycles. The molecule has 3 N–H and O–H groups in total. The first-order valence-corrected chi connectivity index (χ1v) is 7.58. The molecule has 2 aliphatic rings. The fraction of sp³-hybridized carbons (Fsp3) is 0.562. The monoisotopic (exact) mass is 273 g/mol. The van der Waals surface area contributed by atoms with Crippen molar-refractivity contribution in [1.82, 2.24) is 10.2 Å². The third kappa shape index (κ3) is 3.38. The smallest absolute Gasteiger partial charge is 0.248 e. The van der Waals surface area contributed by atoms with E-state index in [9.17, 15) is 4.79 Å². The number of amides is 1. The molecule has 4 heteroatoms. The Morgan fingerprint density at radius 2 is 2.20 bits per heavy atom. The van der Waals surface area contributed by atoms with Gasteiger partial charge in [-0.1, -0.05) is 12.1 Å². The molecule has 1 heterocycles. The number of hydrogen-bond acceptors (Lipinski definition) is 3. The van der Waals surface area contributed by atoms with Crippen LogP contribution < -0.4 is 11.1 Å². The number of nitrogens with two attached hydrogens (primary N) is 1. The second kappa shape index (κ2) is 5.94. The highest BCUT2D eigenvalue weighted by Gasteiger charge is 2.31. The molecule has 1 aromatic rings. The number of nitrogens with one attached hydrogen (secondary N) is 1. The highest BCUT2D eigenvalue weighted by molar-refractivity contribution is 5.92. The zero-order valence-electron chi connectivity index (χ0n) is 11.8. The van der Waals surface area contributed by atoms with Gasteiger partial charge in [0.1, 0.15) is 0 Å². The van der Waals surface area contributed by atoms with E-state index in [0.717, 1.165) is 25.7 Å². The molecule has 1 saturated carbocycles. The van der Waals surface area contributed by atoms with Crippen molar-refractivity contribution in [2.45, 2.75) is 44.3 Å². The molecule has 20 heavy (non-hydrogen) atoms. The standard InChI is InChI=1S/C16H23N3O/c17-16(20)13-4-1-3-12(9-13)10-19(15-6-7-15)11-14-5-2-8-18-14/h1,3-4,9,14-15,18H,2,5-8,10-11H2,(H2,17,20). The first-order chi connectivity index (χ1) is 9.72. The number of nitrogens with zero attached hydrogens (tertiary/aromatic N) is 1. The van der Waals surface area contributed by atoms with Gasteiger partial charge in [-0.05, 0) is 49.9 Å². The van der Waals surface area contributed by atoms with E-state index in [-0.39, 0.29) is 5.91 Å². The van der Waals surface area contributed by atoms with Gasteiger partial charge in [-0.2, -0.15) is 0 Å². The topological polar surface area (TPSA) is 58.4 Å². The SMILES string of the molecule is NC(=O)c1cccc(CN(CC2CCCN2)C2CC2)c1. The molecule has 1 aromatic carbocycles. The third-order valence-electron chi connectivity index (χ3n) is 4.28. The number of hydrogen-bond donors (Lipinski definition) is 2. The molecular formula is C16H23N3O. The molecule has 1 amide bonds. The van der Waals surface area contributed by atoms with Crippen molar-refractivity contribution >= 4 is 5.91 Å². The number of rotatable bonds is 6. The molecule has 4 nitrogen and oxygen atoms in total. The molecule has 1 atom stereocenters. The van der Waals surface area contributed by atoms with E-state index < -0.39 is 0 Å². The Hall–Kier alpha value is -1.39. The van der Waals surface area contributed by atoms with Crippen molar-refractivity contribution in [3.05, 3.63) is 35.4 Å². The van der Waals surface area contributed by atoms with Crippen LogP contribution >= 0.6 is 0 Å². The van der Waals surface area contributed by atoms with Crippen LogP contribution in [0.25, 0.3) is 0 Å². The van der Waals surface area contributed by atoms with Gasteiger partial charge in [0.2, 0.25) is 5.91 Å². The maximum Gasteiger partial charge on any atom is 0.248 e. The fourth-order valence-corrected chi connectivity index (χ4v) is 3.04. The van der Waals surface area contributed by atoms with Gasteiger partial charge >= 0.3 is 0 Å². The predicted molar refractivity (Wildman–Crippen MR) is 79.4 cm³/mol. The molecule has 1 aliphatic carbocycles. The lowest BCUT2D eigenvalue weighted by Gasteiger charge is -2.25. The van der Waals surface area contributed by atoms with Gasteiger partial charge in [-0.25, -0.2) is 0 Å². The summed E-state index contributed by atoms with van der Waals surface area (Å²) < 4.78 is 0. The van der Waals surface area contributed by atoms with Crippen LogP contribution in [0, 0.1) is 0 Å². The van der Waals surface area contributed by atoms with Gasteiger partial charge in [-0.15, -0.1) is 0 Å². The average molecular weight is 273 g/mol. The lowest BCUT2D eigenvalue weighted by atomic mass is 10.1. The number of benzene rings is 1. The molecule has 3 rings (SSSR count). The molecule has 1 saturated heterocycles. The third-order valence-corrected chi connectivity index (χ3v) is 4.28. The summed E-state index contributed by atoms with van der Waals surface area (Å²) >= 11 is 0. The minimum Gasteiger partial charge on any atom is -0.366 e. The zero-order chi connectivity index (χ0) is 13.9. The Labute approximate surface area is 120 Å². The van der Waals surface area contributed by atoms with Crippen molar-refractivity contribution in [3.63, 3.8) is 0 Å². The molecule has 0 aromatic heterocycles. The minimum absolute atomic E-state index is 0.345. The largest absolute Gasteiger partial charge is 0.366 e. The molecule has 0 bridgehead atoms. The van der Waals surface area contributed by atoms with Gasteiger partial charge in [0.05, 0.1) is 0 Å². The minimum atomic E-state index is -0.345. The summed E-state index contributed by atoms with van der Waals surface area (Å²) in [5, 5.41) is 3.57. The van der Waals surface area contributed by atoms with E-state index in [1.165, 1.54) is 31.2 Å². The molecule has 2 fully saturated rings. The Balaban J connectivity index is 1.66. The maximum atomic E-state index is 11.3. The summed E-state index contributed by atoms with van der Waals surface area (Å²) in [6, 6.07) is 9.09. The first-order valence-electron chi connectivity index (χ1n) is 7.58. The van der Waals surface area contributed by atoms with Crippen molar-refractivity contribution in [2.75, 3.05) is 13.1 Å². The number of carbonyl (C=O) groups excluding carboxylic acids is 1. The van der Waals surface area contributed by atoms with Crippen LogP contribution in [-0.4, -0.2) is 36.0 Å². The summed E-state index contributed by atoms with van der Waals surface area (Å²) in [5.41, 5.74) is 7.15. The number of carbonyl (C=O) groups is 1. The van der Waals surface area contributed by atoms with Crippen LogP contribution in [-0.2, 0) is 6.54 Å². The van der Waals surface area contributed by atoms with E-state index >= 15 is 0 Å². The average Bonchev–Trinajstić information content (AvgIpc) is 3.17. The van der Waals surface area contributed by atoms with E-state index in [4.69, 9.17) is 5.73 Å². The zero-order valence-corrected chi connectivity index (χ0v) is 11.8. The number of primary amides is 1. The first kappa shape index (κ1) is 13.6. The van der Waals surface area contributed by atoms with Crippen molar-refractivity contribution in [3.8, 4) is 0 Å². The Kier molecular flexibility index (Phi) is 4.03. The van der Waals surface area contributed by atoms with Gasteiger partial charge in [0.15, 0.2) is 0 Å². The Morgan fingerprint density at radius 1 is 1.35 bits per heavy atom.